The SMILES string of the molecule is CCCCC(CC)COCCCn1c(O)cc(CC)c(C#N)c1=O. The quantitative estimate of drug-likeness (QED) is 0.627. The van der Waals surface area contributed by atoms with E-state index in [9.17, 15) is 9.90 Å². The summed E-state index contributed by atoms with van der Waals surface area (Å²) in [6.45, 7) is 7.88. The van der Waals surface area contributed by atoms with Crippen molar-refractivity contribution < 1.29 is 9.84 Å². The number of nitriles is 1. The molecule has 0 aliphatic heterocycles. The van der Waals surface area contributed by atoms with Crippen LogP contribution in [0.5, 0.6) is 5.88 Å². The summed E-state index contributed by atoms with van der Waals surface area (Å²) in [5, 5.41) is 19.2. The number of unbranched alkanes of at least 4 members (excludes halogenated alkanes) is 1. The van der Waals surface area contributed by atoms with E-state index >= 15 is 0 Å². The number of nitrogens with zero attached hydrogens (tertiary/aromatic N) is 2. The Kier molecular flexibility index (Phi) is 9.18. The minimum absolute atomic E-state index is 0.0785. The Morgan fingerprint density at radius 3 is 2.67 bits per heavy atom. The molecule has 24 heavy (non-hydrogen) atoms. The van der Waals surface area contributed by atoms with Crippen LogP contribution in [-0.4, -0.2) is 22.9 Å². The molecular weight excluding hydrogens is 304 g/mol. The Hall–Kier alpha value is -1.80. The van der Waals surface area contributed by atoms with Crippen LogP contribution in [0.2, 0.25) is 0 Å². The van der Waals surface area contributed by atoms with Crippen LogP contribution in [0.4, 0.5) is 0 Å². The van der Waals surface area contributed by atoms with Crippen LogP contribution >= 0.6 is 0 Å². The highest BCUT2D eigenvalue weighted by Gasteiger charge is 2.13. The highest BCUT2D eigenvalue weighted by Crippen LogP contribution is 2.15. The van der Waals surface area contributed by atoms with Crippen LogP contribution in [0, 0.1) is 17.2 Å². The Bertz CT molecular complexity index is 602. The molecule has 0 fully saturated rings. The maximum absolute atomic E-state index is 12.3. The van der Waals surface area contributed by atoms with Crippen molar-refractivity contribution in [2.24, 2.45) is 5.92 Å². The first-order valence-electron chi connectivity index (χ1n) is 9.02. The molecule has 5 nitrogen and oxygen atoms in total. The lowest BCUT2D eigenvalue weighted by Gasteiger charge is -2.15. The van der Waals surface area contributed by atoms with Gasteiger partial charge in [-0.3, -0.25) is 9.36 Å². The van der Waals surface area contributed by atoms with E-state index in [1.54, 1.807) is 0 Å². The van der Waals surface area contributed by atoms with E-state index < -0.39 is 5.56 Å². The van der Waals surface area contributed by atoms with Gasteiger partial charge >= 0.3 is 0 Å². The van der Waals surface area contributed by atoms with Gasteiger partial charge in [0.15, 0.2) is 5.88 Å². The van der Waals surface area contributed by atoms with E-state index in [1.165, 1.54) is 29.9 Å². The highest BCUT2D eigenvalue weighted by atomic mass is 16.5. The van der Waals surface area contributed by atoms with Crippen LogP contribution < -0.4 is 5.56 Å². The van der Waals surface area contributed by atoms with Crippen molar-refractivity contribution in [3.05, 3.63) is 27.5 Å². The minimum Gasteiger partial charge on any atom is -0.494 e. The fourth-order valence-electron chi connectivity index (χ4n) is 2.77. The molecule has 0 aromatic carbocycles. The number of ether oxygens (including phenoxy) is 1. The van der Waals surface area contributed by atoms with Gasteiger partial charge in [0.1, 0.15) is 11.6 Å². The molecular formula is C19H30N2O3. The number of aromatic hydroxyl groups is 1. The molecule has 0 saturated carbocycles. The molecule has 134 valence electrons. The second-order valence-electron chi connectivity index (χ2n) is 6.17. The molecule has 0 saturated heterocycles. The van der Waals surface area contributed by atoms with Crippen molar-refractivity contribution in [3.8, 4) is 11.9 Å². The number of pyridine rings is 1. The molecule has 0 bridgehead atoms. The Balaban J connectivity index is 2.54. The van der Waals surface area contributed by atoms with Gasteiger partial charge < -0.3 is 9.84 Å². The summed E-state index contributed by atoms with van der Waals surface area (Å²) >= 11 is 0. The molecule has 1 unspecified atom stereocenters. The molecule has 0 spiro atoms. The average molecular weight is 334 g/mol. The van der Waals surface area contributed by atoms with E-state index in [0.717, 1.165) is 13.0 Å². The number of hydrogen-bond donors (Lipinski definition) is 1. The van der Waals surface area contributed by atoms with E-state index in [2.05, 4.69) is 13.8 Å². The molecule has 1 heterocycles. The van der Waals surface area contributed by atoms with Crippen LogP contribution in [0.3, 0.4) is 0 Å². The van der Waals surface area contributed by atoms with Crippen molar-refractivity contribution in [1.82, 2.24) is 4.57 Å². The largest absolute Gasteiger partial charge is 0.494 e. The predicted octanol–water partition coefficient (Wildman–Crippen LogP) is 3.61. The van der Waals surface area contributed by atoms with Gasteiger partial charge in [-0.15, -0.1) is 0 Å². The van der Waals surface area contributed by atoms with Crippen molar-refractivity contribution in [1.29, 1.82) is 5.26 Å². The second kappa shape index (κ2) is 10.9. The number of aryl methyl sites for hydroxylation is 1. The minimum atomic E-state index is -0.413. The van der Waals surface area contributed by atoms with Gasteiger partial charge in [-0.1, -0.05) is 40.0 Å². The molecule has 0 amide bonds. The summed E-state index contributed by atoms with van der Waals surface area (Å²) in [6, 6.07) is 3.46. The lowest BCUT2D eigenvalue weighted by molar-refractivity contribution is 0.0895. The molecule has 0 aliphatic carbocycles. The first-order valence-corrected chi connectivity index (χ1v) is 9.02. The topological polar surface area (TPSA) is 75.2 Å². The van der Waals surface area contributed by atoms with Crippen molar-refractivity contribution in [3.63, 3.8) is 0 Å². The third-order valence-corrected chi connectivity index (χ3v) is 4.42. The number of hydrogen-bond acceptors (Lipinski definition) is 4. The molecule has 1 N–H and O–H groups in total. The summed E-state index contributed by atoms with van der Waals surface area (Å²) in [5.74, 6) is 0.514. The van der Waals surface area contributed by atoms with E-state index in [1.807, 2.05) is 13.0 Å². The van der Waals surface area contributed by atoms with Crippen molar-refractivity contribution in [2.75, 3.05) is 13.2 Å². The van der Waals surface area contributed by atoms with Gasteiger partial charge in [-0.2, -0.15) is 5.26 Å². The first-order chi connectivity index (χ1) is 11.6. The first kappa shape index (κ1) is 20.2. The Morgan fingerprint density at radius 1 is 1.33 bits per heavy atom. The van der Waals surface area contributed by atoms with Crippen LogP contribution in [-0.2, 0) is 17.7 Å². The van der Waals surface area contributed by atoms with Crippen LogP contribution in [0.15, 0.2) is 10.9 Å². The average Bonchev–Trinajstić information content (AvgIpc) is 2.59. The van der Waals surface area contributed by atoms with Crippen LogP contribution in [0.1, 0.15) is 64.0 Å². The maximum Gasteiger partial charge on any atom is 0.271 e. The monoisotopic (exact) mass is 334 g/mol. The van der Waals surface area contributed by atoms with Gasteiger partial charge in [0.25, 0.3) is 5.56 Å². The highest BCUT2D eigenvalue weighted by molar-refractivity contribution is 5.38. The number of aromatic nitrogens is 1. The zero-order valence-corrected chi connectivity index (χ0v) is 15.2. The molecule has 1 aromatic heterocycles. The molecule has 5 heteroatoms. The van der Waals surface area contributed by atoms with Crippen molar-refractivity contribution in [2.45, 2.75) is 65.8 Å². The zero-order valence-electron chi connectivity index (χ0n) is 15.2. The second-order valence-corrected chi connectivity index (χ2v) is 6.17. The van der Waals surface area contributed by atoms with E-state index in [0.29, 0.717) is 37.5 Å². The van der Waals surface area contributed by atoms with Gasteiger partial charge in [-0.05, 0) is 30.7 Å². The van der Waals surface area contributed by atoms with Gasteiger partial charge in [0.2, 0.25) is 0 Å². The molecule has 1 aromatic rings. The molecule has 0 radical (unpaired) electrons. The van der Waals surface area contributed by atoms with Crippen molar-refractivity contribution >= 4 is 0 Å². The summed E-state index contributed by atoms with van der Waals surface area (Å²) < 4.78 is 6.98. The predicted molar refractivity (Wildman–Crippen MR) is 95.2 cm³/mol. The lowest BCUT2D eigenvalue weighted by Crippen LogP contribution is -2.25. The smallest absolute Gasteiger partial charge is 0.271 e. The summed E-state index contributed by atoms with van der Waals surface area (Å²) in [4.78, 5) is 12.3. The Labute approximate surface area is 144 Å². The fraction of sp³-hybridized carbons (Fsp3) is 0.684. The Morgan fingerprint density at radius 2 is 2.08 bits per heavy atom. The van der Waals surface area contributed by atoms with Crippen LogP contribution in [0.25, 0.3) is 0 Å². The third-order valence-electron chi connectivity index (χ3n) is 4.42. The normalized spacial score (nSPS) is 12.1. The van der Waals surface area contributed by atoms with E-state index in [4.69, 9.17) is 10.00 Å². The maximum atomic E-state index is 12.3. The third kappa shape index (κ3) is 5.68. The summed E-state index contributed by atoms with van der Waals surface area (Å²) in [6.07, 6.45) is 5.92. The summed E-state index contributed by atoms with van der Waals surface area (Å²) in [7, 11) is 0. The van der Waals surface area contributed by atoms with E-state index in [-0.39, 0.29) is 11.4 Å². The number of rotatable bonds is 11. The van der Waals surface area contributed by atoms with Gasteiger partial charge in [0.05, 0.1) is 0 Å². The lowest BCUT2D eigenvalue weighted by atomic mass is 10.0. The standard InChI is InChI=1S/C19H30N2O3/c1-4-7-9-15(5-2)14-24-11-8-10-21-18(22)12-16(6-3)17(13-20)19(21)23/h12,15,22H,4-11,14H2,1-3H3. The van der Waals surface area contributed by atoms with Gasteiger partial charge in [0, 0.05) is 25.8 Å². The van der Waals surface area contributed by atoms with Gasteiger partial charge in [-0.25, -0.2) is 0 Å². The molecule has 0 aliphatic rings. The zero-order chi connectivity index (χ0) is 17.9. The molecule has 1 atom stereocenters. The molecule has 1 rings (SSSR count). The fourth-order valence-corrected chi connectivity index (χ4v) is 2.77. The summed E-state index contributed by atoms with van der Waals surface area (Å²) in [5.41, 5.74) is 0.305.